The van der Waals surface area contributed by atoms with Gasteiger partial charge in [0.2, 0.25) is 0 Å². The SMILES string of the molecule is COc1ccc(CN(Cc2cc3cccc(C)c3nc2N2CCCC(O)C2)C(=O)c2csc(C)n2)cc1. The Bertz CT molecular complexity index is 1400. The van der Waals surface area contributed by atoms with E-state index in [0.29, 0.717) is 25.3 Å². The van der Waals surface area contributed by atoms with E-state index in [0.717, 1.165) is 63.6 Å². The average Bonchev–Trinajstić information content (AvgIpc) is 3.34. The van der Waals surface area contributed by atoms with Crippen molar-refractivity contribution in [1.29, 1.82) is 0 Å². The van der Waals surface area contributed by atoms with Crippen molar-refractivity contribution < 1.29 is 14.6 Å². The molecule has 0 bridgehead atoms. The smallest absolute Gasteiger partial charge is 0.273 e. The van der Waals surface area contributed by atoms with Crippen LogP contribution in [-0.2, 0) is 13.1 Å². The lowest BCUT2D eigenvalue weighted by Gasteiger charge is -2.33. The van der Waals surface area contributed by atoms with E-state index in [2.05, 4.69) is 35.0 Å². The van der Waals surface area contributed by atoms with E-state index in [1.54, 1.807) is 7.11 Å². The van der Waals surface area contributed by atoms with Gasteiger partial charge in [0.05, 0.1) is 30.3 Å². The largest absolute Gasteiger partial charge is 0.497 e. The molecule has 1 N–H and O–H groups in total. The first-order valence-electron chi connectivity index (χ1n) is 12.6. The van der Waals surface area contributed by atoms with Gasteiger partial charge in [0.1, 0.15) is 17.3 Å². The third kappa shape index (κ3) is 5.60. The second-order valence-corrected chi connectivity index (χ2v) is 10.7. The Morgan fingerprint density at radius 3 is 2.68 bits per heavy atom. The molecule has 1 aliphatic heterocycles. The zero-order valence-electron chi connectivity index (χ0n) is 21.5. The summed E-state index contributed by atoms with van der Waals surface area (Å²) in [6.07, 6.45) is 1.32. The summed E-state index contributed by atoms with van der Waals surface area (Å²) >= 11 is 1.47. The van der Waals surface area contributed by atoms with Crippen LogP contribution in [0.15, 0.2) is 53.9 Å². The van der Waals surface area contributed by atoms with Crippen molar-refractivity contribution in [3.63, 3.8) is 0 Å². The summed E-state index contributed by atoms with van der Waals surface area (Å²) in [6, 6.07) is 16.1. The van der Waals surface area contributed by atoms with Crippen LogP contribution in [0, 0.1) is 13.8 Å². The number of para-hydroxylation sites is 1. The van der Waals surface area contributed by atoms with Gasteiger partial charge >= 0.3 is 0 Å². The second-order valence-electron chi connectivity index (χ2n) is 9.62. The number of benzene rings is 2. The molecule has 5 rings (SSSR count). The molecule has 2 aromatic heterocycles. The Kier molecular flexibility index (Phi) is 7.39. The summed E-state index contributed by atoms with van der Waals surface area (Å²) in [6.45, 7) is 6.13. The zero-order chi connectivity index (χ0) is 25.9. The maximum Gasteiger partial charge on any atom is 0.273 e. The first-order valence-corrected chi connectivity index (χ1v) is 13.5. The summed E-state index contributed by atoms with van der Waals surface area (Å²) in [7, 11) is 1.64. The van der Waals surface area contributed by atoms with Crippen molar-refractivity contribution in [2.24, 2.45) is 0 Å². The highest BCUT2D eigenvalue weighted by molar-refractivity contribution is 7.09. The molecule has 2 aromatic carbocycles. The number of aryl methyl sites for hydroxylation is 2. The molecular formula is C29H32N4O3S. The Labute approximate surface area is 221 Å². The van der Waals surface area contributed by atoms with Crippen LogP contribution >= 0.6 is 11.3 Å². The zero-order valence-corrected chi connectivity index (χ0v) is 22.3. The Hall–Kier alpha value is -3.49. The number of hydrogen-bond donors (Lipinski definition) is 1. The molecule has 192 valence electrons. The number of carbonyl (C=O) groups excluding carboxylic acids is 1. The number of amides is 1. The number of carbonyl (C=O) groups is 1. The van der Waals surface area contributed by atoms with E-state index in [-0.39, 0.29) is 12.0 Å². The summed E-state index contributed by atoms with van der Waals surface area (Å²) in [5.74, 6) is 1.49. The number of fused-ring (bicyclic) bond motifs is 1. The number of β-amino-alcohol motifs (C(OH)–C–C–N with tert-alkyl or cyclic N) is 1. The third-order valence-electron chi connectivity index (χ3n) is 6.82. The molecule has 37 heavy (non-hydrogen) atoms. The molecule has 1 amide bonds. The molecule has 3 heterocycles. The van der Waals surface area contributed by atoms with E-state index in [4.69, 9.17) is 9.72 Å². The van der Waals surface area contributed by atoms with Gasteiger partial charge in [-0.25, -0.2) is 9.97 Å². The number of piperidine rings is 1. The molecule has 1 atom stereocenters. The Morgan fingerprint density at radius 2 is 1.97 bits per heavy atom. The minimum Gasteiger partial charge on any atom is -0.497 e. The molecule has 7 nitrogen and oxygen atoms in total. The van der Waals surface area contributed by atoms with Gasteiger partial charge < -0.3 is 19.6 Å². The number of thiazole rings is 1. The van der Waals surface area contributed by atoms with Crippen LogP contribution in [0.3, 0.4) is 0 Å². The second kappa shape index (κ2) is 10.9. The van der Waals surface area contributed by atoms with Crippen LogP contribution in [0.4, 0.5) is 5.82 Å². The summed E-state index contributed by atoms with van der Waals surface area (Å²) in [5.41, 5.74) is 4.47. The minimum absolute atomic E-state index is 0.117. The van der Waals surface area contributed by atoms with Crippen molar-refractivity contribution in [3.05, 3.63) is 81.3 Å². The number of ether oxygens (including phenoxy) is 1. The average molecular weight is 517 g/mol. The molecule has 0 aliphatic carbocycles. The number of nitrogens with zero attached hydrogens (tertiary/aromatic N) is 4. The highest BCUT2D eigenvalue weighted by Gasteiger charge is 2.25. The fourth-order valence-corrected chi connectivity index (χ4v) is 5.48. The van der Waals surface area contributed by atoms with Gasteiger partial charge in [-0.1, -0.05) is 30.3 Å². The first-order chi connectivity index (χ1) is 17.9. The third-order valence-corrected chi connectivity index (χ3v) is 7.59. The predicted molar refractivity (Wildman–Crippen MR) is 147 cm³/mol. The fraction of sp³-hybridized carbons (Fsp3) is 0.345. The number of methoxy groups -OCH3 is 1. The molecule has 1 unspecified atom stereocenters. The topological polar surface area (TPSA) is 78.8 Å². The Morgan fingerprint density at radius 1 is 1.16 bits per heavy atom. The lowest BCUT2D eigenvalue weighted by Crippen LogP contribution is -2.40. The van der Waals surface area contributed by atoms with Gasteiger partial charge in [0.15, 0.2) is 0 Å². The van der Waals surface area contributed by atoms with Gasteiger partial charge in [0, 0.05) is 36.0 Å². The highest BCUT2D eigenvalue weighted by atomic mass is 32.1. The van der Waals surface area contributed by atoms with Crippen molar-refractivity contribution in [3.8, 4) is 5.75 Å². The van der Waals surface area contributed by atoms with Gasteiger partial charge in [-0.05, 0) is 56.0 Å². The van der Waals surface area contributed by atoms with Crippen molar-refractivity contribution in [2.45, 2.75) is 45.9 Å². The van der Waals surface area contributed by atoms with Crippen LogP contribution < -0.4 is 9.64 Å². The number of rotatable bonds is 7. The van der Waals surface area contributed by atoms with Crippen molar-refractivity contribution in [1.82, 2.24) is 14.9 Å². The summed E-state index contributed by atoms with van der Waals surface area (Å²) in [5, 5.41) is 14.1. The number of aromatic nitrogens is 2. The number of aliphatic hydroxyl groups excluding tert-OH is 1. The van der Waals surface area contributed by atoms with Crippen LogP contribution in [0.5, 0.6) is 5.75 Å². The summed E-state index contributed by atoms with van der Waals surface area (Å²) < 4.78 is 5.31. The first kappa shape index (κ1) is 25.2. The molecule has 8 heteroatoms. The van der Waals surface area contributed by atoms with Crippen LogP contribution in [-0.4, -0.2) is 52.2 Å². The molecule has 1 fully saturated rings. The number of anilines is 1. The number of hydrogen-bond acceptors (Lipinski definition) is 7. The van der Waals surface area contributed by atoms with E-state index in [1.807, 2.05) is 47.5 Å². The lowest BCUT2D eigenvalue weighted by molar-refractivity contribution is 0.0724. The summed E-state index contributed by atoms with van der Waals surface area (Å²) in [4.78, 5) is 27.3. The van der Waals surface area contributed by atoms with Crippen molar-refractivity contribution >= 4 is 34.0 Å². The quantitative estimate of drug-likeness (QED) is 0.367. The van der Waals surface area contributed by atoms with Gasteiger partial charge in [-0.3, -0.25) is 4.79 Å². The minimum atomic E-state index is -0.383. The Balaban J connectivity index is 1.56. The maximum absolute atomic E-state index is 13.7. The van der Waals surface area contributed by atoms with Gasteiger partial charge in [0.25, 0.3) is 5.91 Å². The highest BCUT2D eigenvalue weighted by Crippen LogP contribution is 2.30. The van der Waals surface area contributed by atoms with E-state index in [9.17, 15) is 9.90 Å². The standard InChI is InChI=1S/C29H32N4O3S/c1-19-6-4-7-22-14-23(28(31-27(19)22)32-13-5-8-24(34)17-32)16-33(29(35)26-18-37-20(2)30-26)15-21-9-11-25(36-3)12-10-21/h4,6-7,9-12,14,18,24,34H,5,8,13,15-17H2,1-3H3. The van der Waals surface area contributed by atoms with Crippen LogP contribution in [0.25, 0.3) is 10.9 Å². The normalized spacial score (nSPS) is 15.7. The number of pyridine rings is 1. The van der Waals surface area contributed by atoms with Gasteiger partial charge in [-0.15, -0.1) is 11.3 Å². The lowest BCUT2D eigenvalue weighted by atomic mass is 10.0. The molecular weight excluding hydrogens is 484 g/mol. The van der Waals surface area contributed by atoms with Crippen molar-refractivity contribution in [2.75, 3.05) is 25.1 Å². The number of aliphatic hydroxyl groups is 1. The van der Waals surface area contributed by atoms with E-state index in [1.165, 1.54) is 11.3 Å². The molecule has 0 radical (unpaired) electrons. The van der Waals surface area contributed by atoms with Gasteiger partial charge in [-0.2, -0.15) is 0 Å². The van der Waals surface area contributed by atoms with Crippen LogP contribution in [0.2, 0.25) is 0 Å². The van der Waals surface area contributed by atoms with E-state index >= 15 is 0 Å². The molecule has 1 saturated heterocycles. The van der Waals surface area contributed by atoms with E-state index < -0.39 is 0 Å². The molecule has 1 aliphatic rings. The van der Waals surface area contributed by atoms with Crippen LogP contribution in [0.1, 0.15) is 45.0 Å². The predicted octanol–water partition coefficient (Wildman–Crippen LogP) is 5.12. The molecule has 0 spiro atoms. The monoisotopic (exact) mass is 516 g/mol. The molecule has 0 saturated carbocycles. The fourth-order valence-electron chi connectivity index (χ4n) is 4.90. The molecule has 4 aromatic rings. The maximum atomic E-state index is 13.7.